The lowest BCUT2D eigenvalue weighted by Gasteiger charge is -2.36. The van der Waals surface area contributed by atoms with Gasteiger partial charge in [0.05, 0.1) is 5.41 Å². The lowest BCUT2D eigenvalue weighted by molar-refractivity contribution is -0.122. The van der Waals surface area contributed by atoms with E-state index >= 15 is 0 Å². The van der Waals surface area contributed by atoms with Gasteiger partial charge in [-0.05, 0) is 80.7 Å². The van der Waals surface area contributed by atoms with Crippen LogP contribution in [0.2, 0.25) is 0 Å². The number of anilines is 1. The lowest BCUT2D eigenvalue weighted by Crippen LogP contribution is -2.42. The first-order chi connectivity index (χ1) is 15.2. The predicted octanol–water partition coefficient (Wildman–Crippen LogP) is 5.53. The summed E-state index contributed by atoms with van der Waals surface area (Å²) in [6, 6.07) is 14.1. The molecule has 2 aliphatic rings. The number of ether oxygens (including phenoxy) is 1. The first kappa shape index (κ1) is 21.8. The molecule has 1 amide bonds. The van der Waals surface area contributed by atoms with Crippen molar-refractivity contribution in [2.75, 3.05) is 31.6 Å². The molecule has 1 aliphatic carbocycles. The fraction of sp³-hybridized carbons (Fsp3) is 0.500. The molecule has 31 heavy (non-hydrogen) atoms. The zero-order valence-electron chi connectivity index (χ0n) is 18.2. The van der Waals surface area contributed by atoms with E-state index in [1.54, 1.807) is 12.1 Å². The van der Waals surface area contributed by atoms with E-state index in [-0.39, 0.29) is 11.7 Å². The third-order valence-corrected chi connectivity index (χ3v) is 6.78. The molecule has 0 aromatic heterocycles. The molecule has 4 rings (SSSR count). The second kappa shape index (κ2) is 10.3. The van der Waals surface area contributed by atoms with Gasteiger partial charge in [-0.1, -0.05) is 37.8 Å². The van der Waals surface area contributed by atoms with Crippen molar-refractivity contribution in [2.45, 2.75) is 56.8 Å². The average molecular weight is 425 g/mol. The van der Waals surface area contributed by atoms with Gasteiger partial charge < -0.3 is 10.1 Å². The maximum atomic E-state index is 13.4. The Bertz CT molecular complexity index is 839. The highest BCUT2D eigenvalue weighted by Crippen LogP contribution is 2.40. The summed E-state index contributed by atoms with van der Waals surface area (Å²) < 4.78 is 19.3. The Labute approximate surface area is 184 Å². The van der Waals surface area contributed by atoms with Gasteiger partial charge in [-0.15, -0.1) is 0 Å². The second-order valence-electron chi connectivity index (χ2n) is 8.88. The summed E-state index contributed by atoms with van der Waals surface area (Å²) in [4.78, 5) is 15.8. The number of nitrogens with one attached hydrogen (secondary N) is 1. The minimum atomic E-state index is -0.588. The number of piperidine rings is 1. The van der Waals surface area contributed by atoms with E-state index in [4.69, 9.17) is 4.74 Å². The molecule has 0 spiro atoms. The van der Waals surface area contributed by atoms with Crippen LogP contribution in [0.25, 0.3) is 0 Å². The number of hydrogen-bond acceptors (Lipinski definition) is 3. The molecule has 4 nitrogen and oxygen atoms in total. The second-order valence-corrected chi connectivity index (χ2v) is 8.88. The predicted molar refractivity (Wildman–Crippen MR) is 122 cm³/mol. The molecule has 1 heterocycles. The first-order valence-corrected chi connectivity index (χ1v) is 11.7. The number of hydrogen-bond donors (Lipinski definition) is 1. The third kappa shape index (κ3) is 5.45. The molecule has 2 aromatic rings. The molecule has 5 heteroatoms. The number of rotatable bonds is 7. The van der Waals surface area contributed by atoms with E-state index in [1.165, 1.54) is 44.5 Å². The van der Waals surface area contributed by atoms with Gasteiger partial charge in [-0.25, -0.2) is 4.39 Å². The Morgan fingerprint density at radius 2 is 1.55 bits per heavy atom. The molecule has 1 saturated carbocycles. The van der Waals surface area contributed by atoms with E-state index < -0.39 is 5.41 Å². The summed E-state index contributed by atoms with van der Waals surface area (Å²) >= 11 is 0. The van der Waals surface area contributed by atoms with Crippen LogP contribution in [0.15, 0.2) is 48.5 Å². The summed E-state index contributed by atoms with van der Waals surface area (Å²) in [5.74, 6) is 0.546. The fourth-order valence-electron chi connectivity index (χ4n) is 4.93. The van der Waals surface area contributed by atoms with E-state index in [0.29, 0.717) is 6.61 Å². The van der Waals surface area contributed by atoms with Gasteiger partial charge in [-0.3, -0.25) is 9.69 Å². The standard InChI is InChI=1S/C26H33FN2O2/c27-22-9-7-21(8-10-22)26(15-3-1-4-16-26)25(30)28-23-11-13-24(14-12-23)31-20-19-29-17-5-2-6-18-29/h7-14H,1-6,15-20H2,(H,28,30). The lowest BCUT2D eigenvalue weighted by atomic mass is 9.68. The largest absolute Gasteiger partial charge is 0.492 e. The SMILES string of the molecule is O=C(Nc1ccc(OCCN2CCCCC2)cc1)C1(c2ccc(F)cc2)CCCCC1. The summed E-state index contributed by atoms with van der Waals surface area (Å²) in [7, 11) is 0. The molecule has 1 aliphatic heterocycles. The third-order valence-electron chi connectivity index (χ3n) is 6.78. The van der Waals surface area contributed by atoms with Crippen LogP contribution in [-0.2, 0) is 10.2 Å². The number of carbonyl (C=O) groups is 1. The Kier molecular flexibility index (Phi) is 7.23. The minimum absolute atomic E-state index is 0.00225. The van der Waals surface area contributed by atoms with Crippen LogP contribution in [0, 0.1) is 5.82 Å². The van der Waals surface area contributed by atoms with Crippen LogP contribution in [0.3, 0.4) is 0 Å². The van der Waals surface area contributed by atoms with Crippen molar-refractivity contribution in [3.8, 4) is 5.75 Å². The molecule has 0 atom stereocenters. The highest BCUT2D eigenvalue weighted by Gasteiger charge is 2.41. The number of benzene rings is 2. The molecule has 166 valence electrons. The molecular formula is C26H33FN2O2. The Balaban J connectivity index is 1.36. The topological polar surface area (TPSA) is 41.6 Å². The molecule has 2 fully saturated rings. The van der Waals surface area contributed by atoms with Gasteiger partial charge >= 0.3 is 0 Å². The van der Waals surface area contributed by atoms with Crippen molar-refractivity contribution in [1.29, 1.82) is 0 Å². The van der Waals surface area contributed by atoms with Crippen LogP contribution in [-0.4, -0.2) is 37.0 Å². The molecule has 0 radical (unpaired) electrons. The molecular weight excluding hydrogens is 391 g/mol. The average Bonchev–Trinajstić information content (AvgIpc) is 2.82. The van der Waals surface area contributed by atoms with Gasteiger partial charge in [0.1, 0.15) is 18.2 Å². The van der Waals surface area contributed by atoms with Crippen molar-refractivity contribution >= 4 is 11.6 Å². The molecule has 2 aromatic carbocycles. The highest BCUT2D eigenvalue weighted by atomic mass is 19.1. The molecule has 1 N–H and O–H groups in total. The zero-order chi connectivity index (χ0) is 21.5. The number of carbonyl (C=O) groups excluding carboxylic acids is 1. The van der Waals surface area contributed by atoms with Gasteiger partial charge in [0.2, 0.25) is 5.91 Å². The minimum Gasteiger partial charge on any atom is -0.492 e. The summed E-state index contributed by atoms with van der Waals surface area (Å²) in [5, 5.41) is 3.10. The van der Waals surface area contributed by atoms with Gasteiger partial charge in [-0.2, -0.15) is 0 Å². The van der Waals surface area contributed by atoms with Crippen LogP contribution < -0.4 is 10.1 Å². The van der Waals surface area contributed by atoms with E-state index in [2.05, 4.69) is 10.2 Å². The quantitative estimate of drug-likeness (QED) is 0.635. The number of likely N-dealkylation sites (tertiary alicyclic amines) is 1. The van der Waals surface area contributed by atoms with Crippen molar-refractivity contribution in [1.82, 2.24) is 4.90 Å². The Morgan fingerprint density at radius 1 is 0.903 bits per heavy atom. The number of halogens is 1. The van der Waals surface area contributed by atoms with Crippen molar-refractivity contribution in [3.05, 3.63) is 59.9 Å². The maximum absolute atomic E-state index is 13.4. The Morgan fingerprint density at radius 3 is 2.23 bits per heavy atom. The smallest absolute Gasteiger partial charge is 0.235 e. The van der Waals surface area contributed by atoms with E-state index in [1.807, 2.05) is 24.3 Å². The van der Waals surface area contributed by atoms with E-state index in [9.17, 15) is 9.18 Å². The summed E-state index contributed by atoms with van der Waals surface area (Å²) in [5.41, 5.74) is 1.08. The van der Waals surface area contributed by atoms with Crippen molar-refractivity contribution in [2.24, 2.45) is 0 Å². The van der Waals surface area contributed by atoms with Crippen LogP contribution >= 0.6 is 0 Å². The van der Waals surface area contributed by atoms with Gasteiger partial charge in [0, 0.05) is 12.2 Å². The summed E-state index contributed by atoms with van der Waals surface area (Å²) in [6.07, 6.45) is 8.65. The monoisotopic (exact) mass is 424 g/mol. The number of nitrogens with zero attached hydrogens (tertiary/aromatic N) is 1. The van der Waals surface area contributed by atoms with Crippen LogP contribution in [0.1, 0.15) is 56.9 Å². The van der Waals surface area contributed by atoms with Crippen molar-refractivity contribution < 1.29 is 13.9 Å². The van der Waals surface area contributed by atoms with Crippen LogP contribution in [0.4, 0.5) is 10.1 Å². The molecule has 1 saturated heterocycles. The fourth-order valence-corrected chi connectivity index (χ4v) is 4.93. The molecule has 0 unspecified atom stereocenters. The zero-order valence-corrected chi connectivity index (χ0v) is 18.2. The van der Waals surface area contributed by atoms with Crippen LogP contribution in [0.5, 0.6) is 5.75 Å². The van der Waals surface area contributed by atoms with Crippen molar-refractivity contribution in [3.63, 3.8) is 0 Å². The number of amides is 1. The first-order valence-electron chi connectivity index (χ1n) is 11.7. The van der Waals surface area contributed by atoms with Gasteiger partial charge in [0.15, 0.2) is 0 Å². The molecule has 0 bridgehead atoms. The highest BCUT2D eigenvalue weighted by molar-refractivity contribution is 5.99. The van der Waals surface area contributed by atoms with Gasteiger partial charge in [0.25, 0.3) is 0 Å². The van der Waals surface area contributed by atoms with E-state index in [0.717, 1.165) is 55.6 Å². The Hall–Kier alpha value is -2.40. The maximum Gasteiger partial charge on any atom is 0.235 e. The normalized spacial score (nSPS) is 19.0. The summed E-state index contributed by atoms with van der Waals surface area (Å²) in [6.45, 7) is 3.98.